The normalized spacial score (nSPS) is 16.2. The molecule has 3 atom stereocenters. The number of hydrogen-bond acceptors (Lipinski definition) is 17. The summed E-state index contributed by atoms with van der Waals surface area (Å²) in [6.07, 6.45) is 0. The van der Waals surface area contributed by atoms with E-state index in [9.17, 15) is 15.3 Å². The average molecular weight is 982 g/mol. The molecule has 0 aliphatic carbocycles. The molecule has 0 radical (unpaired) electrons. The van der Waals surface area contributed by atoms with Crippen LogP contribution >= 0.6 is 0 Å². The zero-order valence-electron chi connectivity index (χ0n) is 37.4. The van der Waals surface area contributed by atoms with Crippen LogP contribution in [0.1, 0.15) is 0 Å². The number of hydrogen-bond donors (Lipinski definition) is 3. The van der Waals surface area contributed by atoms with Gasteiger partial charge in [0.1, 0.15) is 17.2 Å². The first-order valence-electron chi connectivity index (χ1n) is 19.3. The van der Waals surface area contributed by atoms with Crippen LogP contribution < -0.4 is 15.6 Å². The highest BCUT2D eigenvalue weighted by atomic mass is 28.5. The molecule has 0 aromatic heterocycles. The van der Waals surface area contributed by atoms with Gasteiger partial charge < -0.3 is 44.1 Å². The fraction of sp³-hybridized carbons (Fsp3) is 0.486. The lowest BCUT2D eigenvalue weighted by molar-refractivity contribution is -0.788. The molecule has 0 spiro atoms. The summed E-state index contributed by atoms with van der Waals surface area (Å²) < 4.78 is 49.6. The molecular formula is C35H64O17Si8. The molecule has 338 valence electrons. The summed E-state index contributed by atoms with van der Waals surface area (Å²) in [5.41, 5.74) is 0. The second-order valence-corrected chi connectivity index (χ2v) is 47.1. The van der Waals surface area contributed by atoms with Crippen molar-refractivity contribution in [2.45, 2.75) is 97.7 Å². The van der Waals surface area contributed by atoms with Crippen LogP contribution in [-0.4, -0.2) is 97.0 Å². The monoisotopic (exact) mass is 980 g/mol. The minimum atomic E-state index is -3.51. The van der Waals surface area contributed by atoms with Crippen molar-refractivity contribution in [3.05, 3.63) is 72.8 Å². The third kappa shape index (κ3) is 17.4. The fourth-order valence-electron chi connectivity index (χ4n) is 6.83. The Morgan fingerprint density at radius 3 is 1.02 bits per heavy atom. The van der Waals surface area contributed by atoms with Crippen LogP contribution in [0.15, 0.2) is 72.8 Å². The van der Waals surface area contributed by atoms with E-state index in [0.29, 0.717) is 6.04 Å². The molecule has 0 amide bonds. The molecule has 0 fully saturated rings. The van der Waals surface area contributed by atoms with Gasteiger partial charge in [-0.15, -0.1) is 0 Å². The standard InChI is InChI=1S/C35H64O17Si8/c1-39-41-43-45-44-42-40-28-29-54(5,6)47-58(13,33-22-16-30(36)17-23-33)49-56(9,10)50-60(15,35-26-20-32(38)21-27-35)52-57(11,12)51-59(14,34-24-18-31(37)19-25-34)48-55(7,8)46-53(2,3)4/h16-27,36-38H,28-29H2,1-15H3. The lowest BCUT2D eigenvalue weighted by atomic mass is 10.3. The topological polar surface area (TPSA) is 190 Å². The van der Waals surface area contributed by atoms with Crippen molar-refractivity contribution in [2.75, 3.05) is 13.7 Å². The molecule has 0 aliphatic heterocycles. The van der Waals surface area contributed by atoms with Crippen molar-refractivity contribution in [1.29, 1.82) is 0 Å². The van der Waals surface area contributed by atoms with E-state index < -0.39 is 68.0 Å². The molecule has 0 bridgehead atoms. The molecular weight excluding hydrogens is 917 g/mol. The Bertz CT molecular complexity index is 1770. The SMILES string of the molecule is COOOOOOOCC[Si](C)(C)O[Si](C)(O[Si](C)(C)O[Si](C)(O[Si](C)(C)O[Si](C)(O[Si](C)(C)O[Si](C)(C)C)c1ccc(O)cc1)c1ccc(O)cc1)c1ccc(O)cc1. The van der Waals surface area contributed by atoms with E-state index >= 15 is 0 Å². The van der Waals surface area contributed by atoms with E-state index in [1.807, 2.05) is 84.1 Å². The van der Waals surface area contributed by atoms with Crippen LogP contribution in [0.3, 0.4) is 0 Å². The van der Waals surface area contributed by atoms with Crippen molar-refractivity contribution in [1.82, 2.24) is 0 Å². The summed E-state index contributed by atoms with van der Waals surface area (Å²) in [6, 6.07) is 21.0. The zero-order chi connectivity index (χ0) is 45.3. The van der Waals surface area contributed by atoms with Crippen LogP contribution in [-0.2, 0) is 63.8 Å². The third-order valence-corrected chi connectivity index (χ3v) is 39.8. The molecule has 3 aromatic rings. The van der Waals surface area contributed by atoms with Gasteiger partial charge in [0.15, 0.2) is 16.6 Å². The Morgan fingerprint density at radius 1 is 0.383 bits per heavy atom. The van der Waals surface area contributed by atoms with E-state index in [-0.39, 0.29) is 23.9 Å². The number of benzene rings is 3. The molecule has 3 N–H and O–H groups in total. The number of rotatable bonds is 26. The second-order valence-electron chi connectivity index (χ2n) is 17.3. The summed E-state index contributed by atoms with van der Waals surface area (Å²) in [5.74, 6) is 0.331. The van der Waals surface area contributed by atoms with E-state index in [2.05, 4.69) is 49.7 Å². The first-order chi connectivity index (χ1) is 27.5. The van der Waals surface area contributed by atoms with E-state index in [1.54, 1.807) is 60.7 Å². The highest BCUT2D eigenvalue weighted by Gasteiger charge is 2.54. The van der Waals surface area contributed by atoms with Crippen molar-refractivity contribution in [3.63, 3.8) is 0 Å². The van der Waals surface area contributed by atoms with Crippen LogP contribution in [0.25, 0.3) is 0 Å². The van der Waals surface area contributed by atoms with Gasteiger partial charge >= 0.3 is 51.4 Å². The Labute approximate surface area is 362 Å². The van der Waals surface area contributed by atoms with E-state index in [1.165, 1.54) is 7.11 Å². The third-order valence-electron chi connectivity index (χ3n) is 8.42. The van der Waals surface area contributed by atoms with Gasteiger partial charge in [0.05, 0.1) is 13.7 Å². The summed E-state index contributed by atoms with van der Waals surface area (Å²) in [4.78, 5) is 9.25. The molecule has 60 heavy (non-hydrogen) atoms. The first-order valence-corrected chi connectivity index (χ1v) is 41.2. The highest BCUT2D eigenvalue weighted by Crippen LogP contribution is 2.31. The second kappa shape index (κ2) is 21.3. The first kappa shape index (κ1) is 52.6. The number of phenols is 3. The van der Waals surface area contributed by atoms with Gasteiger partial charge in [-0.25, -0.2) is 9.78 Å². The maximum Gasteiger partial charge on any atom is 0.351 e. The maximum atomic E-state index is 10.3. The lowest BCUT2D eigenvalue weighted by Crippen LogP contribution is -2.69. The quantitative estimate of drug-likeness (QED) is 0.0340. The smallest absolute Gasteiger partial charge is 0.351 e. The minimum Gasteiger partial charge on any atom is -0.508 e. The van der Waals surface area contributed by atoms with E-state index in [4.69, 9.17) is 33.7 Å². The highest BCUT2D eigenvalue weighted by molar-refractivity contribution is 6.99. The minimum absolute atomic E-state index is 0.0739. The largest absolute Gasteiger partial charge is 0.508 e. The average Bonchev–Trinajstić information content (AvgIpc) is 3.07. The van der Waals surface area contributed by atoms with Crippen molar-refractivity contribution in [3.8, 4) is 17.2 Å². The van der Waals surface area contributed by atoms with Crippen LogP contribution in [0.2, 0.25) is 97.7 Å². The van der Waals surface area contributed by atoms with Gasteiger partial charge in [0.2, 0.25) is 0 Å². The fourth-order valence-corrected chi connectivity index (χ4v) is 45.1. The van der Waals surface area contributed by atoms with Crippen LogP contribution in [0.4, 0.5) is 0 Å². The lowest BCUT2D eigenvalue weighted by Gasteiger charge is -2.46. The van der Waals surface area contributed by atoms with Gasteiger partial charge in [0, 0.05) is 0 Å². The van der Waals surface area contributed by atoms with Crippen molar-refractivity contribution < 1.29 is 79.1 Å². The Kier molecular flexibility index (Phi) is 18.6. The zero-order valence-corrected chi connectivity index (χ0v) is 45.4. The molecule has 0 saturated heterocycles. The van der Waals surface area contributed by atoms with Gasteiger partial charge in [0.25, 0.3) is 0 Å². The maximum absolute atomic E-state index is 10.3. The molecule has 3 aromatic carbocycles. The molecule has 3 unspecified atom stereocenters. The molecule has 17 nitrogen and oxygen atoms in total. The molecule has 25 heteroatoms. The molecule has 3 rings (SSSR count). The predicted molar refractivity (Wildman–Crippen MR) is 242 cm³/mol. The summed E-state index contributed by atoms with van der Waals surface area (Å²) in [7, 11) is -22.9. The van der Waals surface area contributed by atoms with Gasteiger partial charge in [-0.05, 0) is 175 Å². The van der Waals surface area contributed by atoms with Gasteiger partial charge in [-0.2, -0.15) is 0 Å². The molecule has 0 aliphatic rings. The van der Waals surface area contributed by atoms with Crippen LogP contribution in [0.5, 0.6) is 17.2 Å². The molecule has 0 saturated carbocycles. The Hall–Kier alpha value is -1.76. The summed E-state index contributed by atoms with van der Waals surface area (Å²) in [6.45, 7) is 28.3. The summed E-state index contributed by atoms with van der Waals surface area (Å²) >= 11 is 0. The number of phenolic OH excluding ortho intramolecular Hbond substituents is 3. The predicted octanol–water partition coefficient (Wildman–Crippen LogP) is 6.54. The Morgan fingerprint density at radius 2 is 0.683 bits per heavy atom. The van der Waals surface area contributed by atoms with Gasteiger partial charge in [-0.1, -0.05) is 36.4 Å². The summed E-state index contributed by atoms with van der Waals surface area (Å²) in [5, 5.41) is 54.0. The van der Waals surface area contributed by atoms with Crippen molar-refractivity contribution in [2.24, 2.45) is 0 Å². The Balaban J connectivity index is 1.99. The molecule has 0 heterocycles. The van der Waals surface area contributed by atoms with Gasteiger partial charge in [-0.3, -0.25) is 0 Å². The number of aromatic hydroxyl groups is 3. The van der Waals surface area contributed by atoms with E-state index in [0.717, 1.165) is 15.6 Å². The van der Waals surface area contributed by atoms with Crippen LogP contribution in [0, 0.1) is 0 Å². The van der Waals surface area contributed by atoms with Crippen molar-refractivity contribution >= 4 is 83.6 Å².